The molecule has 2 aliphatic heterocycles. The molecule has 1 saturated heterocycles. The van der Waals surface area contributed by atoms with Gasteiger partial charge in [0.2, 0.25) is 0 Å². The Bertz CT molecular complexity index is 607. The molecule has 1 aromatic heterocycles. The topological polar surface area (TPSA) is 47.4 Å². The molecule has 0 amide bonds. The maximum absolute atomic E-state index is 12.4. The van der Waals surface area contributed by atoms with Gasteiger partial charge in [-0.15, -0.1) is 0 Å². The van der Waals surface area contributed by atoms with E-state index in [1.165, 1.54) is 51.6 Å². The molecule has 1 unspecified atom stereocenters. The minimum absolute atomic E-state index is 0.0296. The van der Waals surface area contributed by atoms with Crippen molar-refractivity contribution >= 4 is 0 Å². The molecule has 0 radical (unpaired) electrons. The van der Waals surface area contributed by atoms with Crippen molar-refractivity contribution in [2.24, 2.45) is 5.92 Å². The van der Waals surface area contributed by atoms with E-state index in [9.17, 15) is 4.79 Å². The number of ether oxygens (including phenoxy) is 1. The summed E-state index contributed by atoms with van der Waals surface area (Å²) in [6.07, 6.45) is 8.85. The van der Waals surface area contributed by atoms with E-state index >= 15 is 0 Å². The Hall–Kier alpha value is -1.20. The summed E-state index contributed by atoms with van der Waals surface area (Å²) in [5.74, 6) is 0.876. The standard InChI is InChI=1S/C18H27N3O2/c22-18-10-15-13-23-9-7-17(15)19-21(18)12-16-6-3-8-20(16)11-14-4-1-2-5-14/h10,14,16H,1-9,11-13H2. The average Bonchev–Trinajstić information content (AvgIpc) is 3.21. The zero-order chi connectivity index (χ0) is 15.6. The quantitative estimate of drug-likeness (QED) is 0.852. The van der Waals surface area contributed by atoms with Gasteiger partial charge in [-0.25, -0.2) is 4.68 Å². The third kappa shape index (κ3) is 3.36. The van der Waals surface area contributed by atoms with Crippen LogP contribution in [-0.4, -0.2) is 40.4 Å². The third-order valence-corrected chi connectivity index (χ3v) is 5.76. The van der Waals surface area contributed by atoms with E-state index < -0.39 is 0 Å². The highest BCUT2D eigenvalue weighted by Crippen LogP contribution is 2.28. The number of fused-ring (bicyclic) bond motifs is 1. The van der Waals surface area contributed by atoms with Crippen LogP contribution in [0.5, 0.6) is 0 Å². The molecule has 126 valence electrons. The normalized spacial score (nSPS) is 25.8. The minimum atomic E-state index is 0.0296. The van der Waals surface area contributed by atoms with Crippen molar-refractivity contribution in [3.63, 3.8) is 0 Å². The second kappa shape index (κ2) is 6.73. The van der Waals surface area contributed by atoms with Crippen LogP contribution < -0.4 is 5.56 Å². The maximum Gasteiger partial charge on any atom is 0.267 e. The number of hydrogen-bond acceptors (Lipinski definition) is 4. The lowest BCUT2D eigenvalue weighted by atomic mass is 10.1. The Kier molecular flexibility index (Phi) is 4.49. The molecule has 1 aromatic rings. The number of rotatable bonds is 4. The molecule has 0 aromatic carbocycles. The predicted molar refractivity (Wildman–Crippen MR) is 88.4 cm³/mol. The van der Waals surface area contributed by atoms with Crippen molar-refractivity contribution in [3.05, 3.63) is 27.7 Å². The number of aromatic nitrogens is 2. The average molecular weight is 317 g/mol. The van der Waals surface area contributed by atoms with Crippen molar-refractivity contribution in [3.8, 4) is 0 Å². The van der Waals surface area contributed by atoms with Gasteiger partial charge in [0.15, 0.2) is 0 Å². The van der Waals surface area contributed by atoms with Gasteiger partial charge < -0.3 is 4.74 Å². The maximum atomic E-state index is 12.4. The summed E-state index contributed by atoms with van der Waals surface area (Å²) in [5.41, 5.74) is 2.06. The molecule has 5 heteroatoms. The van der Waals surface area contributed by atoms with Crippen LogP contribution in [0.15, 0.2) is 10.9 Å². The first-order valence-corrected chi connectivity index (χ1v) is 9.21. The Morgan fingerprint density at radius 2 is 2.04 bits per heavy atom. The van der Waals surface area contributed by atoms with E-state index in [4.69, 9.17) is 4.74 Å². The van der Waals surface area contributed by atoms with E-state index in [0.717, 1.165) is 36.7 Å². The van der Waals surface area contributed by atoms with E-state index in [-0.39, 0.29) is 5.56 Å². The van der Waals surface area contributed by atoms with Crippen molar-refractivity contribution in [2.45, 2.75) is 64.1 Å². The van der Waals surface area contributed by atoms with Crippen LogP contribution in [0.1, 0.15) is 49.8 Å². The van der Waals surface area contributed by atoms with Crippen LogP contribution >= 0.6 is 0 Å². The van der Waals surface area contributed by atoms with Gasteiger partial charge in [-0.3, -0.25) is 9.69 Å². The smallest absolute Gasteiger partial charge is 0.267 e. The van der Waals surface area contributed by atoms with E-state index in [1.54, 1.807) is 10.7 Å². The summed E-state index contributed by atoms with van der Waals surface area (Å²) in [4.78, 5) is 15.0. The molecule has 2 fully saturated rings. The second-order valence-electron chi connectivity index (χ2n) is 7.38. The fourth-order valence-electron chi connectivity index (χ4n) is 4.45. The summed E-state index contributed by atoms with van der Waals surface area (Å²) in [6, 6.07) is 2.22. The van der Waals surface area contributed by atoms with Crippen LogP contribution in [0.3, 0.4) is 0 Å². The summed E-state index contributed by atoms with van der Waals surface area (Å²) in [7, 11) is 0. The molecule has 1 aliphatic carbocycles. The van der Waals surface area contributed by atoms with Gasteiger partial charge in [0, 0.05) is 30.6 Å². The zero-order valence-electron chi connectivity index (χ0n) is 13.9. The van der Waals surface area contributed by atoms with Crippen LogP contribution in [0, 0.1) is 5.92 Å². The van der Waals surface area contributed by atoms with Crippen molar-refractivity contribution in [1.29, 1.82) is 0 Å². The summed E-state index contributed by atoms with van der Waals surface area (Å²) < 4.78 is 7.13. The first kappa shape index (κ1) is 15.3. The molecule has 3 aliphatic rings. The molecule has 1 atom stereocenters. The van der Waals surface area contributed by atoms with Crippen molar-refractivity contribution in [1.82, 2.24) is 14.7 Å². The summed E-state index contributed by atoms with van der Waals surface area (Å²) in [5, 5.41) is 4.64. The van der Waals surface area contributed by atoms with Crippen LogP contribution in [0.25, 0.3) is 0 Å². The van der Waals surface area contributed by atoms with Gasteiger partial charge in [0.25, 0.3) is 5.56 Å². The number of nitrogens with zero attached hydrogens (tertiary/aromatic N) is 3. The van der Waals surface area contributed by atoms with Gasteiger partial charge >= 0.3 is 0 Å². The van der Waals surface area contributed by atoms with Gasteiger partial charge in [-0.2, -0.15) is 5.10 Å². The van der Waals surface area contributed by atoms with Gasteiger partial charge in [0.05, 0.1) is 25.5 Å². The van der Waals surface area contributed by atoms with Crippen LogP contribution in [0.2, 0.25) is 0 Å². The molecule has 0 N–H and O–H groups in total. The first-order valence-electron chi connectivity index (χ1n) is 9.21. The number of likely N-dealkylation sites (tertiary alicyclic amines) is 1. The molecule has 23 heavy (non-hydrogen) atoms. The first-order chi connectivity index (χ1) is 11.3. The lowest BCUT2D eigenvalue weighted by Gasteiger charge is -2.27. The SMILES string of the molecule is O=c1cc2c(nn1CC1CCCN1CC1CCCC1)CCOC2. The molecule has 3 heterocycles. The molecule has 1 saturated carbocycles. The van der Waals surface area contributed by atoms with E-state index in [1.807, 2.05) is 0 Å². The summed E-state index contributed by atoms with van der Waals surface area (Å²) >= 11 is 0. The highest BCUT2D eigenvalue weighted by Gasteiger charge is 2.29. The van der Waals surface area contributed by atoms with E-state index in [2.05, 4.69) is 10.00 Å². The fourth-order valence-corrected chi connectivity index (χ4v) is 4.45. The minimum Gasteiger partial charge on any atom is -0.376 e. The molecule has 0 bridgehead atoms. The fraction of sp³-hybridized carbons (Fsp3) is 0.778. The largest absolute Gasteiger partial charge is 0.376 e. The highest BCUT2D eigenvalue weighted by molar-refractivity contribution is 5.18. The third-order valence-electron chi connectivity index (χ3n) is 5.76. The zero-order valence-corrected chi connectivity index (χ0v) is 13.9. The lowest BCUT2D eigenvalue weighted by Crippen LogP contribution is -2.39. The molecule has 0 spiro atoms. The molecule has 5 nitrogen and oxygen atoms in total. The number of hydrogen-bond donors (Lipinski definition) is 0. The highest BCUT2D eigenvalue weighted by atomic mass is 16.5. The summed E-state index contributed by atoms with van der Waals surface area (Å²) in [6.45, 7) is 4.41. The predicted octanol–water partition coefficient (Wildman–Crippen LogP) is 1.97. The van der Waals surface area contributed by atoms with Crippen LogP contribution in [0.4, 0.5) is 0 Å². The molecular weight excluding hydrogens is 290 g/mol. The Balaban J connectivity index is 1.47. The van der Waals surface area contributed by atoms with Crippen molar-refractivity contribution < 1.29 is 4.74 Å². The van der Waals surface area contributed by atoms with Gasteiger partial charge in [0.1, 0.15) is 0 Å². The second-order valence-corrected chi connectivity index (χ2v) is 7.38. The van der Waals surface area contributed by atoms with E-state index in [0.29, 0.717) is 12.6 Å². The van der Waals surface area contributed by atoms with Gasteiger partial charge in [-0.05, 0) is 38.1 Å². The lowest BCUT2D eigenvalue weighted by molar-refractivity contribution is 0.107. The van der Waals surface area contributed by atoms with Gasteiger partial charge in [-0.1, -0.05) is 12.8 Å². The molecule has 4 rings (SSSR count). The Morgan fingerprint density at radius 1 is 1.17 bits per heavy atom. The van der Waals surface area contributed by atoms with Crippen LogP contribution in [-0.2, 0) is 24.3 Å². The molecular formula is C18H27N3O2. The Morgan fingerprint density at radius 3 is 2.91 bits per heavy atom. The van der Waals surface area contributed by atoms with Crippen molar-refractivity contribution in [2.75, 3.05) is 19.7 Å². The monoisotopic (exact) mass is 317 g/mol. The Labute approximate surface area is 137 Å².